The molecule has 3 aliphatic rings. The molecule has 3 nitrogen and oxygen atoms in total. The SMILES string of the molecule is CC(=O)[C@H]1[C@@H]2O[C@H]3[C@H](C(C)=O)[C@H]3[C@@H]21. The maximum Gasteiger partial charge on any atom is 0.135 e. The topological polar surface area (TPSA) is 43.4 Å². The van der Waals surface area contributed by atoms with Crippen LogP contribution in [-0.2, 0) is 14.3 Å². The van der Waals surface area contributed by atoms with Crippen molar-refractivity contribution in [3.05, 3.63) is 0 Å². The fourth-order valence-electron chi connectivity index (χ4n) is 3.06. The van der Waals surface area contributed by atoms with E-state index in [0.717, 1.165) is 0 Å². The van der Waals surface area contributed by atoms with E-state index >= 15 is 0 Å². The van der Waals surface area contributed by atoms with Gasteiger partial charge < -0.3 is 4.74 Å². The predicted molar refractivity (Wildman–Crippen MR) is 44.0 cm³/mol. The molecule has 0 bridgehead atoms. The monoisotopic (exact) mass is 180 g/mol. The first-order valence-electron chi connectivity index (χ1n) is 4.79. The van der Waals surface area contributed by atoms with Crippen LogP contribution >= 0.6 is 0 Å². The zero-order valence-electron chi connectivity index (χ0n) is 7.69. The molecule has 1 heterocycles. The van der Waals surface area contributed by atoms with E-state index in [9.17, 15) is 9.59 Å². The van der Waals surface area contributed by atoms with E-state index < -0.39 is 0 Å². The molecule has 13 heavy (non-hydrogen) atoms. The first-order valence-corrected chi connectivity index (χ1v) is 4.79. The van der Waals surface area contributed by atoms with Crippen LogP contribution in [0, 0.1) is 23.7 Å². The molecule has 2 aliphatic carbocycles. The molecule has 3 fully saturated rings. The summed E-state index contributed by atoms with van der Waals surface area (Å²) >= 11 is 0. The van der Waals surface area contributed by atoms with Crippen LogP contribution in [-0.4, -0.2) is 23.8 Å². The molecule has 0 unspecified atom stereocenters. The fourth-order valence-corrected chi connectivity index (χ4v) is 3.06. The molecule has 0 spiro atoms. The highest BCUT2D eigenvalue weighted by Crippen LogP contribution is 2.68. The zero-order valence-corrected chi connectivity index (χ0v) is 7.69. The van der Waals surface area contributed by atoms with Gasteiger partial charge in [0, 0.05) is 23.7 Å². The quantitative estimate of drug-likeness (QED) is 0.618. The Morgan fingerprint density at radius 1 is 0.923 bits per heavy atom. The van der Waals surface area contributed by atoms with Crippen LogP contribution in [0.15, 0.2) is 0 Å². The molecule has 70 valence electrons. The number of Topliss-reactive ketones (excluding diaryl/α,β-unsaturated/α-hetero) is 2. The van der Waals surface area contributed by atoms with E-state index in [1.54, 1.807) is 13.8 Å². The van der Waals surface area contributed by atoms with Gasteiger partial charge in [-0.2, -0.15) is 0 Å². The minimum atomic E-state index is 0.116. The van der Waals surface area contributed by atoms with Crippen LogP contribution in [0.4, 0.5) is 0 Å². The molecule has 0 aromatic carbocycles. The summed E-state index contributed by atoms with van der Waals surface area (Å²) in [6.45, 7) is 3.24. The minimum Gasteiger partial charge on any atom is -0.373 e. The normalized spacial score (nSPS) is 55.2. The lowest BCUT2D eigenvalue weighted by Gasteiger charge is -1.98. The minimum absolute atomic E-state index is 0.116. The van der Waals surface area contributed by atoms with Crippen LogP contribution in [0.3, 0.4) is 0 Å². The first kappa shape index (κ1) is 7.68. The van der Waals surface area contributed by atoms with Gasteiger partial charge in [0.15, 0.2) is 0 Å². The van der Waals surface area contributed by atoms with Crippen molar-refractivity contribution in [1.82, 2.24) is 0 Å². The van der Waals surface area contributed by atoms with E-state index in [-0.39, 0.29) is 35.6 Å². The highest BCUT2D eigenvalue weighted by molar-refractivity contribution is 5.86. The summed E-state index contributed by atoms with van der Waals surface area (Å²) in [5.41, 5.74) is 0. The first-order chi connectivity index (χ1) is 6.13. The second-order valence-electron chi connectivity index (χ2n) is 4.49. The Morgan fingerprint density at radius 3 is 1.62 bits per heavy atom. The van der Waals surface area contributed by atoms with E-state index in [2.05, 4.69) is 0 Å². The summed E-state index contributed by atoms with van der Waals surface area (Å²) in [6, 6.07) is 0. The van der Waals surface area contributed by atoms with E-state index in [4.69, 9.17) is 4.74 Å². The summed E-state index contributed by atoms with van der Waals surface area (Å²) in [5.74, 6) is 1.45. The average molecular weight is 180 g/mol. The molecule has 0 N–H and O–H groups in total. The van der Waals surface area contributed by atoms with Gasteiger partial charge in [-0.25, -0.2) is 0 Å². The number of fused-ring (bicyclic) bond motifs is 3. The molecular formula is C10H12O3. The van der Waals surface area contributed by atoms with Crippen molar-refractivity contribution >= 4 is 11.6 Å². The van der Waals surface area contributed by atoms with Gasteiger partial charge in [0.1, 0.15) is 11.6 Å². The van der Waals surface area contributed by atoms with Gasteiger partial charge in [-0.15, -0.1) is 0 Å². The molecule has 0 radical (unpaired) electrons. The Morgan fingerprint density at radius 2 is 1.31 bits per heavy atom. The second-order valence-corrected chi connectivity index (χ2v) is 4.49. The van der Waals surface area contributed by atoms with Gasteiger partial charge in [0.05, 0.1) is 12.2 Å². The van der Waals surface area contributed by atoms with Crippen LogP contribution < -0.4 is 0 Å². The van der Waals surface area contributed by atoms with Crippen molar-refractivity contribution in [2.45, 2.75) is 26.1 Å². The van der Waals surface area contributed by atoms with Crippen molar-refractivity contribution < 1.29 is 14.3 Å². The Kier molecular flexibility index (Phi) is 1.20. The maximum absolute atomic E-state index is 11.1. The Balaban J connectivity index is 1.74. The zero-order chi connectivity index (χ0) is 9.33. The van der Waals surface area contributed by atoms with Gasteiger partial charge in [-0.3, -0.25) is 9.59 Å². The summed E-state index contributed by atoms with van der Waals surface area (Å²) in [4.78, 5) is 22.2. The Bertz CT molecular complexity index is 279. The third-order valence-electron chi connectivity index (χ3n) is 3.71. The van der Waals surface area contributed by atoms with Gasteiger partial charge in [-0.1, -0.05) is 0 Å². The summed E-state index contributed by atoms with van der Waals surface area (Å²) < 4.78 is 5.62. The lowest BCUT2D eigenvalue weighted by molar-refractivity contribution is -0.120. The number of rotatable bonds is 2. The molecule has 0 amide bonds. The van der Waals surface area contributed by atoms with E-state index in [0.29, 0.717) is 11.8 Å². The standard InChI is InChI=1S/C10H12O3/c1-3(11)5-7-8-6(4(2)12)10(8)13-9(5)7/h5-10H,1-2H3/t5-,6-,7+,8+,9+,10+/m1/s1. The number of carbonyl (C=O) groups excluding carboxylic acids is 2. The molecule has 0 aromatic rings. The summed E-state index contributed by atoms with van der Waals surface area (Å²) in [7, 11) is 0. The molecule has 3 heteroatoms. The second kappa shape index (κ2) is 2.03. The van der Waals surface area contributed by atoms with E-state index in [1.165, 1.54) is 0 Å². The number of hydrogen-bond donors (Lipinski definition) is 0. The van der Waals surface area contributed by atoms with Gasteiger partial charge in [0.25, 0.3) is 0 Å². The van der Waals surface area contributed by atoms with Crippen molar-refractivity contribution in [2.75, 3.05) is 0 Å². The van der Waals surface area contributed by atoms with Crippen LogP contribution in [0.5, 0.6) is 0 Å². The summed E-state index contributed by atoms with van der Waals surface area (Å²) in [5, 5.41) is 0. The molecular weight excluding hydrogens is 168 g/mol. The molecule has 1 aliphatic heterocycles. The van der Waals surface area contributed by atoms with Crippen molar-refractivity contribution in [2.24, 2.45) is 23.7 Å². The lowest BCUT2D eigenvalue weighted by Crippen LogP contribution is -2.07. The average Bonchev–Trinajstić information content (AvgIpc) is 2.86. The number of ketones is 2. The Labute approximate surface area is 76.4 Å². The van der Waals surface area contributed by atoms with E-state index in [1.807, 2.05) is 0 Å². The molecule has 3 rings (SSSR count). The van der Waals surface area contributed by atoms with Crippen LogP contribution in [0.25, 0.3) is 0 Å². The molecule has 6 atom stereocenters. The number of carbonyl (C=O) groups is 2. The highest BCUT2D eigenvalue weighted by atomic mass is 16.5. The third-order valence-corrected chi connectivity index (χ3v) is 3.71. The van der Waals surface area contributed by atoms with Crippen molar-refractivity contribution in [1.29, 1.82) is 0 Å². The van der Waals surface area contributed by atoms with Gasteiger partial charge in [-0.05, 0) is 13.8 Å². The fraction of sp³-hybridized carbons (Fsp3) is 0.800. The maximum atomic E-state index is 11.1. The smallest absolute Gasteiger partial charge is 0.135 e. The molecule has 1 saturated heterocycles. The van der Waals surface area contributed by atoms with Crippen molar-refractivity contribution in [3.8, 4) is 0 Å². The largest absolute Gasteiger partial charge is 0.373 e. The number of ether oxygens (including phenoxy) is 1. The van der Waals surface area contributed by atoms with Crippen LogP contribution in [0.1, 0.15) is 13.8 Å². The van der Waals surface area contributed by atoms with Gasteiger partial charge in [0.2, 0.25) is 0 Å². The number of hydrogen-bond acceptors (Lipinski definition) is 3. The predicted octanol–water partition coefficient (Wildman–Crippen LogP) is 0.424. The molecule has 0 aromatic heterocycles. The molecule has 2 saturated carbocycles. The van der Waals surface area contributed by atoms with Crippen molar-refractivity contribution in [3.63, 3.8) is 0 Å². The third kappa shape index (κ3) is 0.784. The van der Waals surface area contributed by atoms with Crippen LogP contribution in [0.2, 0.25) is 0 Å². The van der Waals surface area contributed by atoms with Gasteiger partial charge >= 0.3 is 0 Å². The highest BCUT2D eigenvalue weighted by Gasteiger charge is 2.77. The summed E-state index contributed by atoms with van der Waals surface area (Å²) in [6.07, 6.45) is 0.339. The lowest BCUT2D eigenvalue weighted by atomic mass is 10.1. The Hall–Kier alpha value is -0.700.